The van der Waals surface area contributed by atoms with E-state index in [4.69, 9.17) is 0 Å². The van der Waals surface area contributed by atoms with Gasteiger partial charge in [-0.25, -0.2) is 4.98 Å². The minimum absolute atomic E-state index is 0.0310. The van der Waals surface area contributed by atoms with Crippen LogP contribution in [0.25, 0.3) is 10.9 Å². The van der Waals surface area contributed by atoms with Crippen molar-refractivity contribution in [3.8, 4) is 0 Å². The molecular weight excluding hydrogens is 386 g/mol. The summed E-state index contributed by atoms with van der Waals surface area (Å²) in [5, 5.41) is 14.8. The number of anilines is 1. The molecule has 4 rings (SSSR count). The van der Waals surface area contributed by atoms with Gasteiger partial charge in [0.2, 0.25) is 0 Å². The van der Waals surface area contributed by atoms with Crippen molar-refractivity contribution in [3.05, 3.63) is 74.8 Å². The molecule has 0 aliphatic carbocycles. The maximum atomic E-state index is 12.6. The number of carbonyl (C=O) groups is 1. The lowest BCUT2D eigenvalue weighted by Crippen LogP contribution is -2.39. The number of aromatic amines is 1. The van der Waals surface area contributed by atoms with Crippen LogP contribution in [0.1, 0.15) is 23.2 Å². The second kappa shape index (κ2) is 8.32. The quantitative estimate of drug-likeness (QED) is 0.495. The van der Waals surface area contributed by atoms with E-state index in [1.54, 1.807) is 0 Å². The van der Waals surface area contributed by atoms with Crippen LogP contribution in [0, 0.1) is 16.0 Å². The molecule has 0 bridgehead atoms. The molecule has 3 aromatic rings. The fraction of sp³-hybridized carbons (Fsp3) is 0.286. The zero-order valence-corrected chi connectivity index (χ0v) is 16.2. The molecule has 1 aliphatic heterocycles. The maximum Gasteiger partial charge on any atom is 0.293 e. The van der Waals surface area contributed by atoms with Gasteiger partial charge in [0.1, 0.15) is 5.69 Å². The summed E-state index contributed by atoms with van der Waals surface area (Å²) >= 11 is 0. The molecule has 0 unspecified atom stereocenters. The minimum atomic E-state index is -0.505. The summed E-state index contributed by atoms with van der Waals surface area (Å²) in [4.78, 5) is 43.8. The number of benzene rings is 2. The first-order chi connectivity index (χ1) is 14.5. The average molecular weight is 407 g/mol. The average Bonchev–Trinajstić information content (AvgIpc) is 2.78. The van der Waals surface area contributed by atoms with Gasteiger partial charge in [-0.3, -0.25) is 19.7 Å². The number of hydrogen-bond donors (Lipinski definition) is 2. The topological polar surface area (TPSA) is 121 Å². The van der Waals surface area contributed by atoms with E-state index in [9.17, 15) is 19.7 Å². The van der Waals surface area contributed by atoms with E-state index in [2.05, 4.69) is 15.3 Å². The monoisotopic (exact) mass is 407 g/mol. The van der Waals surface area contributed by atoms with E-state index >= 15 is 0 Å². The van der Waals surface area contributed by atoms with Gasteiger partial charge in [-0.05, 0) is 37.0 Å². The van der Waals surface area contributed by atoms with Crippen LogP contribution >= 0.6 is 0 Å². The molecular formula is C21H21N5O4. The molecule has 0 atom stereocenters. The third-order valence-electron chi connectivity index (χ3n) is 5.46. The first-order valence-corrected chi connectivity index (χ1v) is 9.77. The third-order valence-corrected chi connectivity index (χ3v) is 5.46. The predicted octanol–water partition coefficient (Wildman–Crippen LogP) is 2.80. The normalized spacial score (nSPS) is 14.6. The molecule has 30 heavy (non-hydrogen) atoms. The van der Waals surface area contributed by atoms with Crippen molar-refractivity contribution in [2.24, 2.45) is 5.92 Å². The van der Waals surface area contributed by atoms with Crippen molar-refractivity contribution in [1.29, 1.82) is 0 Å². The highest BCUT2D eigenvalue weighted by atomic mass is 16.6. The number of nitro benzene ring substituents is 1. The molecule has 1 saturated heterocycles. The summed E-state index contributed by atoms with van der Waals surface area (Å²) in [5.41, 5.74) is 0.856. The molecule has 0 radical (unpaired) electrons. The second-order valence-electron chi connectivity index (χ2n) is 7.36. The standard InChI is InChI=1S/C21H21N5O4/c27-20-16-10-19(26(29)30)18(11-17(16)23-13-24-20)22-12-14-6-8-25(9-7-14)21(28)15-4-2-1-3-5-15/h1-5,10-11,13-14,22H,6-9,12H2,(H,23,24,27). The summed E-state index contributed by atoms with van der Waals surface area (Å²) in [6, 6.07) is 12.0. The number of fused-ring (bicyclic) bond motifs is 1. The van der Waals surface area contributed by atoms with Crippen LogP contribution < -0.4 is 10.9 Å². The maximum absolute atomic E-state index is 12.6. The van der Waals surface area contributed by atoms with E-state index in [0.29, 0.717) is 36.4 Å². The van der Waals surface area contributed by atoms with E-state index in [-0.39, 0.29) is 22.9 Å². The van der Waals surface area contributed by atoms with Crippen LogP contribution in [0.4, 0.5) is 11.4 Å². The summed E-state index contributed by atoms with van der Waals surface area (Å²) in [5.74, 6) is 0.315. The van der Waals surface area contributed by atoms with Gasteiger partial charge < -0.3 is 15.2 Å². The van der Waals surface area contributed by atoms with Crippen molar-refractivity contribution >= 4 is 28.2 Å². The Labute approximate surface area is 171 Å². The van der Waals surface area contributed by atoms with Crippen LogP contribution in [0.2, 0.25) is 0 Å². The fourth-order valence-electron chi connectivity index (χ4n) is 3.75. The minimum Gasteiger partial charge on any atom is -0.379 e. The molecule has 9 heteroatoms. The number of nitrogens with one attached hydrogen (secondary N) is 2. The second-order valence-corrected chi connectivity index (χ2v) is 7.36. The van der Waals surface area contributed by atoms with Crippen LogP contribution in [0.15, 0.2) is 53.6 Å². The SMILES string of the molecule is O=C(c1ccccc1)N1CCC(CNc2cc3nc[nH]c(=O)c3cc2[N+](=O)[O-])CC1. The van der Waals surface area contributed by atoms with E-state index in [1.165, 1.54) is 18.5 Å². The predicted molar refractivity (Wildman–Crippen MR) is 113 cm³/mol. The summed E-state index contributed by atoms with van der Waals surface area (Å²) in [6.45, 7) is 1.84. The molecule has 1 aromatic heterocycles. The van der Waals surface area contributed by atoms with Crippen molar-refractivity contribution in [1.82, 2.24) is 14.9 Å². The van der Waals surface area contributed by atoms with Gasteiger partial charge >= 0.3 is 0 Å². The zero-order chi connectivity index (χ0) is 21.1. The van der Waals surface area contributed by atoms with E-state index in [0.717, 1.165) is 12.8 Å². The smallest absolute Gasteiger partial charge is 0.293 e. The molecule has 0 saturated carbocycles. The Bertz CT molecular complexity index is 1140. The molecule has 2 aromatic carbocycles. The lowest BCUT2D eigenvalue weighted by atomic mass is 9.96. The Hall–Kier alpha value is -3.75. The zero-order valence-electron chi connectivity index (χ0n) is 16.2. The molecule has 9 nitrogen and oxygen atoms in total. The molecule has 1 fully saturated rings. The Kier molecular flexibility index (Phi) is 5.42. The Morgan fingerprint density at radius 3 is 2.67 bits per heavy atom. The number of piperidine rings is 1. The lowest BCUT2D eigenvalue weighted by molar-refractivity contribution is -0.383. The number of hydrogen-bond acceptors (Lipinski definition) is 6. The van der Waals surface area contributed by atoms with Gasteiger partial charge in [-0.1, -0.05) is 18.2 Å². The number of rotatable bonds is 5. The first-order valence-electron chi connectivity index (χ1n) is 9.77. The first kappa shape index (κ1) is 19.6. The number of nitro groups is 1. The summed E-state index contributed by atoms with van der Waals surface area (Å²) in [6.07, 6.45) is 2.90. The van der Waals surface area contributed by atoms with Gasteiger partial charge in [0.05, 0.1) is 22.2 Å². The van der Waals surface area contributed by atoms with Gasteiger partial charge in [0.15, 0.2) is 0 Å². The van der Waals surface area contributed by atoms with Crippen LogP contribution in [0.5, 0.6) is 0 Å². The Balaban J connectivity index is 1.41. The van der Waals surface area contributed by atoms with E-state index < -0.39 is 10.5 Å². The largest absolute Gasteiger partial charge is 0.379 e. The molecule has 0 spiro atoms. The number of nitrogens with zero attached hydrogens (tertiary/aromatic N) is 3. The highest BCUT2D eigenvalue weighted by Crippen LogP contribution is 2.29. The van der Waals surface area contributed by atoms with Crippen LogP contribution in [-0.4, -0.2) is 45.3 Å². The van der Waals surface area contributed by atoms with Crippen LogP contribution in [-0.2, 0) is 0 Å². The van der Waals surface area contributed by atoms with Gasteiger partial charge in [-0.2, -0.15) is 0 Å². The molecule has 2 heterocycles. The number of amides is 1. The number of H-pyrrole nitrogens is 1. The van der Waals surface area contributed by atoms with Crippen molar-refractivity contribution in [2.75, 3.05) is 25.0 Å². The molecule has 1 amide bonds. The molecule has 2 N–H and O–H groups in total. The van der Waals surface area contributed by atoms with Crippen molar-refractivity contribution in [3.63, 3.8) is 0 Å². The van der Waals surface area contributed by atoms with Crippen LogP contribution in [0.3, 0.4) is 0 Å². The highest BCUT2D eigenvalue weighted by Gasteiger charge is 2.24. The fourth-order valence-corrected chi connectivity index (χ4v) is 3.75. The van der Waals surface area contributed by atoms with Gasteiger partial charge in [0.25, 0.3) is 17.2 Å². The lowest BCUT2D eigenvalue weighted by Gasteiger charge is -2.32. The highest BCUT2D eigenvalue weighted by molar-refractivity contribution is 5.94. The van der Waals surface area contributed by atoms with E-state index in [1.807, 2.05) is 35.2 Å². The van der Waals surface area contributed by atoms with Crippen molar-refractivity contribution < 1.29 is 9.72 Å². The van der Waals surface area contributed by atoms with Gasteiger partial charge in [0, 0.05) is 31.3 Å². The summed E-state index contributed by atoms with van der Waals surface area (Å²) in [7, 11) is 0. The van der Waals surface area contributed by atoms with Gasteiger partial charge in [-0.15, -0.1) is 0 Å². The molecule has 154 valence electrons. The summed E-state index contributed by atoms with van der Waals surface area (Å²) < 4.78 is 0. The number of likely N-dealkylation sites (tertiary alicyclic amines) is 1. The Morgan fingerprint density at radius 2 is 1.97 bits per heavy atom. The molecule has 1 aliphatic rings. The Morgan fingerprint density at radius 1 is 1.23 bits per heavy atom. The number of carbonyl (C=O) groups excluding carboxylic acids is 1. The number of aromatic nitrogens is 2. The third kappa shape index (κ3) is 4.00. The van der Waals surface area contributed by atoms with Crippen molar-refractivity contribution in [2.45, 2.75) is 12.8 Å².